The summed E-state index contributed by atoms with van der Waals surface area (Å²) in [6.07, 6.45) is 2.27. The highest BCUT2D eigenvalue weighted by Gasteiger charge is 2.36. The number of ether oxygens (including phenoxy) is 1. The van der Waals surface area contributed by atoms with E-state index in [1.807, 2.05) is 0 Å². The molecule has 0 aliphatic carbocycles. The van der Waals surface area contributed by atoms with Crippen molar-refractivity contribution in [2.45, 2.75) is 17.5 Å². The van der Waals surface area contributed by atoms with E-state index in [1.54, 1.807) is 25.9 Å². The summed E-state index contributed by atoms with van der Waals surface area (Å²) < 4.78 is 33.7. The van der Waals surface area contributed by atoms with E-state index < -0.39 is 10.0 Å². The van der Waals surface area contributed by atoms with Gasteiger partial charge in [0.05, 0.1) is 12.9 Å². The zero-order valence-electron chi connectivity index (χ0n) is 11.7. The Morgan fingerprint density at radius 1 is 1.65 bits per heavy atom. The predicted octanol–water partition coefficient (Wildman–Crippen LogP) is 0.145. The number of aryl methyl sites for hydroxylation is 1. The standard InChI is InChI=1S/C11H20N4O3S2/c1-14-8-13-10(12)11(14)20(16,17)15(4-5-18-2)9-3-6-19-7-9/h8-9H,3-7,12H2,1-2H3. The van der Waals surface area contributed by atoms with Gasteiger partial charge in [-0.1, -0.05) is 0 Å². The molecule has 7 nitrogen and oxygen atoms in total. The van der Waals surface area contributed by atoms with Gasteiger partial charge in [0.2, 0.25) is 0 Å². The fourth-order valence-electron chi connectivity index (χ4n) is 2.29. The normalized spacial score (nSPS) is 19.9. The Morgan fingerprint density at radius 2 is 2.40 bits per heavy atom. The van der Waals surface area contributed by atoms with Gasteiger partial charge in [0.25, 0.3) is 10.0 Å². The number of nitrogens with two attached hydrogens (primary N) is 1. The van der Waals surface area contributed by atoms with Gasteiger partial charge in [0.15, 0.2) is 10.8 Å². The SMILES string of the molecule is COCCN(C1CCSC1)S(=O)(=O)c1c(N)ncn1C. The van der Waals surface area contributed by atoms with E-state index in [-0.39, 0.29) is 16.9 Å². The molecule has 9 heteroatoms. The molecule has 0 aromatic carbocycles. The van der Waals surface area contributed by atoms with E-state index in [0.29, 0.717) is 13.2 Å². The third kappa shape index (κ3) is 2.95. The first-order chi connectivity index (χ1) is 9.48. The van der Waals surface area contributed by atoms with Crippen molar-refractivity contribution in [2.75, 3.05) is 37.5 Å². The smallest absolute Gasteiger partial charge is 0.262 e. The minimum absolute atomic E-state index is 0.00514. The third-order valence-corrected chi connectivity index (χ3v) is 6.52. The second-order valence-electron chi connectivity index (χ2n) is 4.67. The maximum atomic E-state index is 12.8. The van der Waals surface area contributed by atoms with E-state index in [0.717, 1.165) is 17.9 Å². The maximum Gasteiger partial charge on any atom is 0.262 e. The zero-order valence-corrected chi connectivity index (χ0v) is 13.3. The number of methoxy groups -OCH3 is 1. The van der Waals surface area contributed by atoms with Crippen LogP contribution in [0.5, 0.6) is 0 Å². The Labute approximate surface area is 123 Å². The zero-order chi connectivity index (χ0) is 14.8. The van der Waals surface area contributed by atoms with Crippen LogP contribution in [0.1, 0.15) is 6.42 Å². The number of thioether (sulfide) groups is 1. The van der Waals surface area contributed by atoms with Crippen molar-refractivity contribution in [2.24, 2.45) is 7.05 Å². The first-order valence-electron chi connectivity index (χ1n) is 6.33. The molecule has 2 rings (SSSR count). The summed E-state index contributed by atoms with van der Waals surface area (Å²) in [5.41, 5.74) is 5.72. The van der Waals surface area contributed by atoms with Crippen molar-refractivity contribution in [3.8, 4) is 0 Å². The number of aromatic nitrogens is 2. The molecule has 0 spiro atoms. The molecule has 20 heavy (non-hydrogen) atoms. The fraction of sp³-hybridized carbons (Fsp3) is 0.727. The topological polar surface area (TPSA) is 90.4 Å². The number of nitrogen functional groups attached to an aromatic ring is 1. The summed E-state index contributed by atoms with van der Waals surface area (Å²) in [5, 5.41) is 0.0607. The number of imidazole rings is 1. The van der Waals surface area contributed by atoms with E-state index >= 15 is 0 Å². The molecule has 1 aromatic rings. The van der Waals surface area contributed by atoms with Crippen molar-refractivity contribution < 1.29 is 13.2 Å². The van der Waals surface area contributed by atoms with Crippen molar-refractivity contribution >= 4 is 27.6 Å². The van der Waals surface area contributed by atoms with Crippen molar-refractivity contribution in [3.05, 3.63) is 6.33 Å². The minimum Gasteiger partial charge on any atom is -0.383 e. The van der Waals surface area contributed by atoms with Crippen molar-refractivity contribution in [3.63, 3.8) is 0 Å². The van der Waals surface area contributed by atoms with Crippen LogP contribution < -0.4 is 5.73 Å². The van der Waals surface area contributed by atoms with Gasteiger partial charge in [-0.15, -0.1) is 0 Å². The molecular weight excluding hydrogens is 300 g/mol. The van der Waals surface area contributed by atoms with Gasteiger partial charge in [0.1, 0.15) is 0 Å². The molecular formula is C11H20N4O3S2. The van der Waals surface area contributed by atoms with Crippen LogP contribution in [-0.2, 0) is 21.8 Å². The first-order valence-corrected chi connectivity index (χ1v) is 8.93. The Bertz CT molecular complexity index is 533. The lowest BCUT2D eigenvalue weighted by Gasteiger charge is -2.27. The minimum atomic E-state index is -3.66. The Balaban J connectivity index is 2.35. The lowest BCUT2D eigenvalue weighted by atomic mass is 10.3. The van der Waals surface area contributed by atoms with Gasteiger partial charge in [-0.25, -0.2) is 13.4 Å². The molecule has 0 saturated carbocycles. The summed E-state index contributed by atoms with van der Waals surface area (Å²) in [4.78, 5) is 3.87. The molecule has 0 bridgehead atoms. The summed E-state index contributed by atoms with van der Waals surface area (Å²) in [7, 11) is -0.464. The highest BCUT2D eigenvalue weighted by atomic mass is 32.2. The molecule has 1 unspecified atom stereocenters. The van der Waals surface area contributed by atoms with E-state index in [4.69, 9.17) is 10.5 Å². The van der Waals surface area contributed by atoms with E-state index in [1.165, 1.54) is 15.2 Å². The molecule has 1 fully saturated rings. The van der Waals surface area contributed by atoms with Crippen LogP contribution in [0.2, 0.25) is 0 Å². The number of anilines is 1. The number of hydrogen-bond donors (Lipinski definition) is 1. The number of sulfonamides is 1. The monoisotopic (exact) mass is 320 g/mol. The van der Waals surface area contributed by atoms with E-state index in [2.05, 4.69) is 4.98 Å². The van der Waals surface area contributed by atoms with Crippen LogP contribution in [0.15, 0.2) is 11.4 Å². The molecule has 2 N–H and O–H groups in total. The average molecular weight is 320 g/mol. The average Bonchev–Trinajstić information content (AvgIpc) is 3.00. The second kappa shape index (κ2) is 6.33. The maximum absolute atomic E-state index is 12.8. The van der Waals surface area contributed by atoms with Crippen molar-refractivity contribution in [1.29, 1.82) is 0 Å². The predicted molar refractivity (Wildman–Crippen MR) is 79.1 cm³/mol. The number of nitrogens with zero attached hydrogens (tertiary/aromatic N) is 3. The molecule has 0 amide bonds. The van der Waals surface area contributed by atoms with Crippen LogP contribution in [0, 0.1) is 0 Å². The Kier molecular flexibility index (Phi) is 4.95. The highest BCUT2D eigenvalue weighted by molar-refractivity contribution is 7.99. The van der Waals surface area contributed by atoms with Crippen LogP contribution in [-0.4, -0.2) is 60.1 Å². The van der Waals surface area contributed by atoms with Gasteiger partial charge in [-0.3, -0.25) is 0 Å². The quantitative estimate of drug-likeness (QED) is 0.802. The lowest BCUT2D eigenvalue weighted by molar-refractivity contribution is 0.169. The Morgan fingerprint density at radius 3 is 2.90 bits per heavy atom. The summed E-state index contributed by atoms with van der Waals surface area (Å²) >= 11 is 1.77. The lowest BCUT2D eigenvalue weighted by Crippen LogP contribution is -2.43. The molecule has 2 heterocycles. The van der Waals surface area contributed by atoms with Gasteiger partial charge < -0.3 is 15.0 Å². The molecule has 1 aromatic heterocycles. The molecule has 1 saturated heterocycles. The number of hydrogen-bond acceptors (Lipinski definition) is 6. The fourth-order valence-corrected chi connectivity index (χ4v) is 5.45. The Hall–Kier alpha value is -0.770. The van der Waals surface area contributed by atoms with Crippen molar-refractivity contribution in [1.82, 2.24) is 13.9 Å². The number of rotatable bonds is 6. The summed E-state index contributed by atoms with van der Waals surface area (Å²) in [5.74, 6) is 1.83. The molecule has 1 aliphatic rings. The third-order valence-electron chi connectivity index (χ3n) is 3.29. The van der Waals surface area contributed by atoms with Gasteiger partial charge >= 0.3 is 0 Å². The largest absolute Gasteiger partial charge is 0.383 e. The molecule has 0 radical (unpaired) electrons. The highest BCUT2D eigenvalue weighted by Crippen LogP contribution is 2.29. The second-order valence-corrected chi connectivity index (χ2v) is 7.63. The first kappa shape index (κ1) is 15.6. The van der Waals surface area contributed by atoms with Gasteiger partial charge in [-0.05, 0) is 12.2 Å². The molecule has 1 atom stereocenters. The summed E-state index contributed by atoms with van der Waals surface area (Å²) in [6, 6.07) is -0.00514. The van der Waals surface area contributed by atoms with Gasteiger partial charge in [-0.2, -0.15) is 16.1 Å². The van der Waals surface area contributed by atoms with Crippen LogP contribution >= 0.6 is 11.8 Å². The van der Waals surface area contributed by atoms with Crippen LogP contribution in [0.4, 0.5) is 5.82 Å². The molecule has 114 valence electrons. The van der Waals surface area contributed by atoms with E-state index in [9.17, 15) is 8.42 Å². The summed E-state index contributed by atoms with van der Waals surface area (Å²) in [6.45, 7) is 0.687. The molecule has 1 aliphatic heterocycles. The van der Waals surface area contributed by atoms with Crippen LogP contribution in [0.3, 0.4) is 0 Å². The van der Waals surface area contributed by atoms with Crippen LogP contribution in [0.25, 0.3) is 0 Å². The van der Waals surface area contributed by atoms with Gasteiger partial charge in [0, 0.05) is 32.5 Å².